The van der Waals surface area contributed by atoms with Crippen LogP contribution in [0, 0.1) is 13.8 Å². The first-order valence-electron chi connectivity index (χ1n) is 7.62. The monoisotopic (exact) mass is 408 g/mol. The zero-order valence-electron chi connectivity index (χ0n) is 14.0. The number of nitrogens with two attached hydrogens (primary N) is 1. The van der Waals surface area contributed by atoms with Gasteiger partial charge in [0.1, 0.15) is 17.8 Å². The maximum atomic E-state index is 6.19. The van der Waals surface area contributed by atoms with Gasteiger partial charge in [-0.2, -0.15) is 4.98 Å². The number of nitrogens with zero attached hydrogens (tertiary/aromatic N) is 2. The molecule has 0 aliphatic heterocycles. The van der Waals surface area contributed by atoms with Crippen LogP contribution in [0.2, 0.25) is 15.1 Å². The van der Waals surface area contributed by atoms with Crippen LogP contribution in [-0.2, 0) is 0 Å². The molecule has 0 atom stereocenters. The van der Waals surface area contributed by atoms with Gasteiger partial charge >= 0.3 is 0 Å². The fourth-order valence-electron chi connectivity index (χ4n) is 2.36. The van der Waals surface area contributed by atoms with Crippen molar-refractivity contribution >= 4 is 52.0 Å². The summed E-state index contributed by atoms with van der Waals surface area (Å²) in [6.07, 6.45) is 1.35. The van der Waals surface area contributed by atoms with Gasteiger partial charge in [-0.1, -0.05) is 34.8 Å². The Labute approximate surface area is 166 Å². The highest BCUT2D eigenvalue weighted by Crippen LogP contribution is 2.35. The summed E-state index contributed by atoms with van der Waals surface area (Å²) in [5, 5.41) is 4.77. The maximum absolute atomic E-state index is 6.19. The normalized spacial score (nSPS) is 10.7. The summed E-state index contributed by atoms with van der Waals surface area (Å²) in [6, 6.07) is 8.69. The van der Waals surface area contributed by atoms with Gasteiger partial charge in [-0.3, -0.25) is 0 Å². The molecular weight excluding hydrogens is 395 g/mol. The van der Waals surface area contributed by atoms with Gasteiger partial charge in [0, 0.05) is 10.0 Å². The fourth-order valence-corrected chi connectivity index (χ4v) is 2.80. The van der Waals surface area contributed by atoms with Crippen LogP contribution >= 0.6 is 34.8 Å². The quantitative estimate of drug-likeness (QED) is 0.539. The molecule has 3 aromatic rings. The van der Waals surface area contributed by atoms with Crippen LogP contribution < -0.4 is 15.8 Å². The highest BCUT2D eigenvalue weighted by atomic mass is 35.5. The minimum Gasteiger partial charge on any atom is -0.437 e. The standard InChI is InChI=1S/C18H15Cl3N4O/c1-9-5-12(6-10(2)15(9)21)26-18-16(22)17(23-8-24-18)25-14-7-11(19)3-4-13(14)20/h3-8H,22H2,1-2H3,(H,23,24,25). The van der Waals surface area contributed by atoms with E-state index >= 15 is 0 Å². The summed E-state index contributed by atoms with van der Waals surface area (Å²) in [7, 11) is 0. The van der Waals surface area contributed by atoms with Crippen molar-refractivity contribution in [2.45, 2.75) is 13.8 Å². The van der Waals surface area contributed by atoms with E-state index in [4.69, 9.17) is 45.3 Å². The van der Waals surface area contributed by atoms with Crippen molar-refractivity contribution in [3.63, 3.8) is 0 Å². The van der Waals surface area contributed by atoms with Gasteiger partial charge in [0.05, 0.1) is 10.7 Å². The molecule has 0 saturated carbocycles. The lowest BCUT2D eigenvalue weighted by Crippen LogP contribution is -2.03. The zero-order valence-corrected chi connectivity index (χ0v) is 16.2. The van der Waals surface area contributed by atoms with Crippen LogP contribution in [0.3, 0.4) is 0 Å². The molecule has 3 rings (SSSR count). The van der Waals surface area contributed by atoms with Gasteiger partial charge in [-0.25, -0.2) is 4.98 Å². The van der Waals surface area contributed by atoms with Crippen LogP contribution in [0.25, 0.3) is 0 Å². The Morgan fingerprint density at radius 1 is 1.00 bits per heavy atom. The van der Waals surface area contributed by atoms with Crippen molar-refractivity contribution in [2.24, 2.45) is 0 Å². The summed E-state index contributed by atoms with van der Waals surface area (Å²) in [5.41, 5.74) is 8.78. The van der Waals surface area contributed by atoms with Gasteiger partial charge in [-0.15, -0.1) is 0 Å². The van der Waals surface area contributed by atoms with Crippen molar-refractivity contribution < 1.29 is 4.74 Å². The minimum atomic E-state index is 0.224. The smallest absolute Gasteiger partial charge is 0.248 e. The molecule has 8 heteroatoms. The van der Waals surface area contributed by atoms with E-state index in [2.05, 4.69) is 15.3 Å². The largest absolute Gasteiger partial charge is 0.437 e. The highest BCUT2D eigenvalue weighted by Gasteiger charge is 2.13. The van der Waals surface area contributed by atoms with Crippen LogP contribution in [0.1, 0.15) is 11.1 Å². The van der Waals surface area contributed by atoms with E-state index in [0.29, 0.717) is 32.3 Å². The maximum Gasteiger partial charge on any atom is 0.248 e. The lowest BCUT2D eigenvalue weighted by molar-refractivity contribution is 0.464. The number of hydrogen-bond donors (Lipinski definition) is 2. The number of rotatable bonds is 4. The van der Waals surface area contributed by atoms with Crippen LogP contribution in [0.15, 0.2) is 36.7 Å². The Kier molecular flexibility index (Phi) is 5.41. The van der Waals surface area contributed by atoms with Crippen molar-refractivity contribution in [3.05, 3.63) is 62.9 Å². The lowest BCUT2D eigenvalue weighted by atomic mass is 10.1. The van der Waals surface area contributed by atoms with Gasteiger partial charge in [0.25, 0.3) is 0 Å². The van der Waals surface area contributed by atoms with Gasteiger partial charge in [-0.05, 0) is 55.3 Å². The minimum absolute atomic E-state index is 0.224. The first kappa shape index (κ1) is 18.6. The second kappa shape index (κ2) is 7.58. The van der Waals surface area contributed by atoms with Crippen LogP contribution in [-0.4, -0.2) is 9.97 Å². The molecule has 3 N–H and O–H groups in total. The zero-order chi connectivity index (χ0) is 18.8. The Bertz CT molecular complexity index is 956. The summed E-state index contributed by atoms with van der Waals surface area (Å²) in [6.45, 7) is 3.80. The first-order valence-corrected chi connectivity index (χ1v) is 8.75. The average Bonchev–Trinajstić information content (AvgIpc) is 2.59. The number of halogens is 3. The molecule has 0 spiro atoms. The third-order valence-corrected chi connectivity index (χ3v) is 4.81. The summed E-state index contributed by atoms with van der Waals surface area (Å²) >= 11 is 18.4. The molecule has 0 radical (unpaired) electrons. The third kappa shape index (κ3) is 3.96. The van der Waals surface area contributed by atoms with Crippen LogP contribution in [0.5, 0.6) is 11.6 Å². The molecule has 0 unspecified atom stereocenters. The second-order valence-electron chi connectivity index (χ2n) is 5.66. The van der Waals surface area contributed by atoms with E-state index in [-0.39, 0.29) is 11.6 Å². The SMILES string of the molecule is Cc1cc(Oc2ncnc(Nc3cc(Cl)ccc3Cl)c2N)cc(C)c1Cl. The number of hydrogen-bond acceptors (Lipinski definition) is 5. The van der Waals surface area contributed by atoms with Gasteiger partial charge < -0.3 is 15.8 Å². The highest BCUT2D eigenvalue weighted by molar-refractivity contribution is 6.35. The number of anilines is 3. The molecule has 0 aliphatic rings. The van der Waals surface area contributed by atoms with E-state index in [1.54, 1.807) is 18.2 Å². The molecule has 26 heavy (non-hydrogen) atoms. The number of nitrogen functional groups attached to an aromatic ring is 1. The van der Waals surface area contributed by atoms with E-state index in [9.17, 15) is 0 Å². The number of aryl methyl sites for hydroxylation is 2. The van der Waals surface area contributed by atoms with E-state index < -0.39 is 0 Å². The van der Waals surface area contributed by atoms with E-state index in [1.807, 2.05) is 26.0 Å². The molecule has 0 amide bonds. The Morgan fingerprint density at radius 2 is 1.69 bits per heavy atom. The lowest BCUT2D eigenvalue weighted by Gasteiger charge is -2.14. The van der Waals surface area contributed by atoms with Crippen LogP contribution in [0.4, 0.5) is 17.2 Å². The van der Waals surface area contributed by atoms with Crippen molar-refractivity contribution in [3.8, 4) is 11.6 Å². The Hall–Kier alpha value is -2.21. The predicted molar refractivity (Wildman–Crippen MR) is 107 cm³/mol. The molecule has 0 fully saturated rings. The Morgan fingerprint density at radius 3 is 2.38 bits per heavy atom. The van der Waals surface area contributed by atoms with E-state index in [0.717, 1.165) is 11.1 Å². The first-order chi connectivity index (χ1) is 12.3. The number of nitrogens with one attached hydrogen (secondary N) is 1. The molecule has 0 saturated heterocycles. The molecule has 134 valence electrons. The molecule has 2 aromatic carbocycles. The number of benzene rings is 2. The molecular formula is C18H15Cl3N4O. The molecule has 1 aromatic heterocycles. The number of ether oxygens (including phenoxy) is 1. The molecule has 1 heterocycles. The Balaban J connectivity index is 1.91. The summed E-state index contributed by atoms with van der Waals surface area (Å²) < 4.78 is 5.82. The predicted octanol–water partition coefficient (Wildman–Crippen LogP) is 6.17. The second-order valence-corrected chi connectivity index (χ2v) is 6.88. The fraction of sp³-hybridized carbons (Fsp3) is 0.111. The molecule has 0 bridgehead atoms. The molecule has 0 aliphatic carbocycles. The van der Waals surface area contributed by atoms with E-state index in [1.165, 1.54) is 6.33 Å². The van der Waals surface area contributed by atoms with Crippen molar-refractivity contribution in [1.29, 1.82) is 0 Å². The average molecular weight is 410 g/mol. The van der Waals surface area contributed by atoms with Crippen molar-refractivity contribution in [2.75, 3.05) is 11.1 Å². The number of aromatic nitrogens is 2. The van der Waals surface area contributed by atoms with Gasteiger partial charge in [0.15, 0.2) is 5.82 Å². The van der Waals surface area contributed by atoms with Gasteiger partial charge in [0.2, 0.25) is 5.88 Å². The summed E-state index contributed by atoms with van der Waals surface area (Å²) in [4.78, 5) is 8.25. The third-order valence-electron chi connectivity index (χ3n) is 3.65. The topological polar surface area (TPSA) is 73.1 Å². The van der Waals surface area contributed by atoms with Crippen molar-refractivity contribution in [1.82, 2.24) is 9.97 Å². The molecule has 5 nitrogen and oxygen atoms in total. The summed E-state index contributed by atoms with van der Waals surface area (Å²) in [5.74, 6) is 1.17.